The molecule has 156 valence electrons. The van der Waals surface area contributed by atoms with E-state index in [0.717, 1.165) is 48.1 Å². The summed E-state index contributed by atoms with van der Waals surface area (Å²) in [6.07, 6.45) is 1.09. The van der Waals surface area contributed by atoms with Crippen molar-refractivity contribution in [2.75, 3.05) is 53.0 Å². The van der Waals surface area contributed by atoms with Crippen molar-refractivity contribution in [3.63, 3.8) is 0 Å². The van der Waals surface area contributed by atoms with Gasteiger partial charge in [0.1, 0.15) is 5.01 Å². The number of likely N-dealkylation sites (tertiary alicyclic amines) is 1. The Morgan fingerprint density at radius 2 is 2.07 bits per heavy atom. The van der Waals surface area contributed by atoms with Gasteiger partial charge in [-0.2, -0.15) is 0 Å². The van der Waals surface area contributed by atoms with Gasteiger partial charge >= 0.3 is 0 Å². The molecule has 0 spiro atoms. The fourth-order valence-corrected chi connectivity index (χ4v) is 5.02. The summed E-state index contributed by atoms with van der Waals surface area (Å²) in [4.78, 5) is 35.9. The number of amides is 2. The minimum Gasteiger partial charge on any atom is -0.379 e. The van der Waals surface area contributed by atoms with Gasteiger partial charge in [-0.1, -0.05) is 12.1 Å². The van der Waals surface area contributed by atoms with Gasteiger partial charge in [0.2, 0.25) is 11.8 Å². The number of rotatable bonds is 6. The van der Waals surface area contributed by atoms with Crippen molar-refractivity contribution in [2.24, 2.45) is 5.92 Å². The molecule has 0 radical (unpaired) electrons. The molecular formula is C21H28N4O3S. The van der Waals surface area contributed by atoms with E-state index in [1.807, 2.05) is 30.1 Å². The number of hydrogen-bond donors (Lipinski definition) is 0. The number of para-hydroxylation sites is 1. The Labute approximate surface area is 175 Å². The number of aromatic nitrogens is 1. The number of ether oxygens (including phenoxy) is 1. The monoisotopic (exact) mass is 416 g/mol. The molecule has 0 saturated carbocycles. The molecule has 2 amide bonds. The number of morpholine rings is 1. The lowest BCUT2D eigenvalue weighted by Gasteiger charge is -2.35. The Balaban J connectivity index is 1.32. The Bertz CT molecular complexity index is 831. The number of benzene rings is 1. The fraction of sp³-hybridized carbons (Fsp3) is 0.571. The number of piperidine rings is 1. The Morgan fingerprint density at radius 3 is 2.86 bits per heavy atom. The highest BCUT2D eigenvalue weighted by Crippen LogP contribution is 2.24. The number of fused-ring (bicyclic) bond motifs is 1. The van der Waals surface area contributed by atoms with Gasteiger partial charge in [-0.3, -0.25) is 14.5 Å². The number of thiazole rings is 1. The van der Waals surface area contributed by atoms with Crippen LogP contribution in [0.3, 0.4) is 0 Å². The molecule has 2 fully saturated rings. The molecule has 2 aromatic rings. The molecule has 3 heterocycles. The number of carbonyl (C=O) groups is 2. The van der Waals surface area contributed by atoms with E-state index in [1.165, 1.54) is 0 Å². The second-order valence-corrected chi connectivity index (χ2v) is 8.91. The lowest BCUT2D eigenvalue weighted by atomic mass is 9.96. The van der Waals surface area contributed by atoms with Crippen molar-refractivity contribution < 1.29 is 14.3 Å². The van der Waals surface area contributed by atoms with Gasteiger partial charge in [0.05, 0.1) is 35.9 Å². The van der Waals surface area contributed by atoms with E-state index in [9.17, 15) is 9.59 Å². The van der Waals surface area contributed by atoms with Gasteiger partial charge in [-0.05, 0) is 18.6 Å². The first-order valence-electron chi connectivity index (χ1n) is 10.3. The second-order valence-electron chi connectivity index (χ2n) is 7.80. The molecule has 1 aromatic heterocycles. The maximum Gasteiger partial charge on any atom is 0.227 e. The molecule has 1 atom stereocenters. The van der Waals surface area contributed by atoms with Crippen LogP contribution in [-0.4, -0.2) is 84.5 Å². The largest absolute Gasteiger partial charge is 0.379 e. The van der Waals surface area contributed by atoms with E-state index in [4.69, 9.17) is 4.74 Å². The molecule has 7 nitrogen and oxygen atoms in total. The predicted octanol–water partition coefficient (Wildman–Crippen LogP) is 1.83. The van der Waals surface area contributed by atoms with E-state index in [2.05, 4.69) is 16.0 Å². The summed E-state index contributed by atoms with van der Waals surface area (Å²) in [5, 5.41) is 0.943. The van der Waals surface area contributed by atoms with Gasteiger partial charge in [0, 0.05) is 46.2 Å². The molecule has 0 aliphatic carbocycles. The van der Waals surface area contributed by atoms with Crippen molar-refractivity contribution >= 4 is 33.4 Å². The highest BCUT2D eigenvalue weighted by molar-refractivity contribution is 7.18. The van der Waals surface area contributed by atoms with Crippen molar-refractivity contribution in [3.8, 4) is 0 Å². The van der Waals surface area contributed by atoms with Crippen LogP contribution in [0.1, 0.15) is 17.8 Å². The lowest BCUT2D eigenvalue weighted by Crippen LogP contribution is -2.49. The Hall–Kier alpha value is -2.03. The van der Waals surface area contributed by atoms with Crippen LogP contribution in [-0.2, 0) is 20.9 Å². The predicted molar refractivity (Wildman–Crippen MR) is 113 cm³/mol. The molecule has 2 aliphatic heterocycles. The third kappa shape index (κ3) is 4.94. The average molecular weight is 417 g/mol. The van der Waals surface area contributed by atoms with Crippen LogP contribution in [0.15, 0.2) is 24.3 Å². The summed E-state index contributed by atoms with van der Waals surface area (Å²) in [6, 6.07) is 8.03. The highest BCUT2D eigenvalue weighted by Gasteiger charge is 2.32. The lowest BCUT2D eigenvalue weighted by molar-refractivity contribution is -0.142. The zero-order chi connectivity index (χ0) is 20.2. The first-order valence-corrected chi connectivity index (χ1v) is 11.1. The van der Waals surface area contributed by atoms with E-state index in [1.54, 1.807) is 16.2 Å². The van der Waals surface area contributed by atoms with Crippen LogP contribution in [0.4, 0.5) is 0 Å². The molecule has 4 rings (SSSR count). The summed E-state index contributed by atoms with van der Waals surface area (Å²) in [7, 11) is 1.84. The fourth-order valence-electron chi connectivity index (χ4n) is 4.00. The molecule has 0 N–H and O–H groups in total. The number of carbonyl (C=O) groups excluding carboxylic acids is 2. The third-order valence-electron chi connectivity index (χ3n) is 5.73. The summed E-state index contributed by atoms with van der Waals surface area (Å²) >= 11 is 1.63. The Morgan fingerprint density at radius 1 is 1.28 bits per heavy atom. The van der Waals surface area contributed by atoms with Gasteiger partial charge in [0.15, 0.2) is 0 Å². The maximum atomic E-state index is 13.0. The summed E-state index contributed by atoms with van der Waals surface area (Å²) < 4.78 is 6.52. The van der Waals surface area contributed by atoms with Gasteiger partial charge < -0.3 is 14.5 Å². The number of nitrogens with zero attached hydrogens (tertiary/aromatic N) is 4. The first-order chi connectivity index (χ1) is 14.1. The van der Waals surface area contributed by atoms with Crippen LogP contribution in [0.2, 0.25) is 0 Å². The molecule has 2 saturated heterocycles. The zero-order valence-electron chi connectivity index (χ0n) is 16.9. The van der Waals surface area contributed by atoms with Gasteiger partial charge in [-0.15, -0.1) is 11.3 Å². The minimum atomic E-state index is -0.128. The first kappa shape index (κ1) is 20.3. The highest BCUT2D eigenvalue weighted by atomic mass is 32.1. The van der Waals surface area contributed by atoms with Crippen LogP contribution < -0.4 is 0 Å². The maximum absolute atomic E-state index is 13.0. The molecule has 0 bridgehead atoms. The summed E-state index contributed by atoms with van der Waals surface area (Å²) in [5.74, 6) is 0.140. The summed E-state index contributed by atoms with van der Waals surface area (Å²) in [6.45, 7) is 5.90. The standard InChI is InChI=1S/C21H28N4O3S/c1-23(15-19-22-17-4-2-3-5-18(17)29-19)21(27)16-6-7-20(26)25(14-16)9-8-24-10-12-28-13-11-24/h2-5,16H,6-15H2,1H3. The smallest absolute Gasteiger partial charge is 0.227 e. The second kappa shape index (κ2) is 9.19. The molecule has 8 heteroatoms. The van der Waals surface area contributed by atoms with Crippen molar-refractivity contribution in [1.82, 2.24) is 19.7 Å². The molecular weight excluding hydrogens is 388 g/mol. The molecule has 29 heavy (non-hydrogen) atoms. The SMILES string of the molecule is CN(Cc1nc2ccccc2s1)C(=O)C1CCC(=O)N(CCN2CCOCC2)C1. The number of hydrogen-bond acceptors (Lipinski definition) is 6. The van der Waals surface area contributed by atoms with Crippen LogP contribution in [0.25, 0.3) is 10.2 Å². The summed E-state index contributed by atoms with van der Waals surface area (Å²) in [5.41, 5.74) is 0.978. The topological polar surface area (TPSA) is 66.0 Å². The van der Waals surface area contributed by atoms with E-state index in [-0.39, 0.29) is 17.7 Å². The quantitative estimate of drug-likeness (QED) is 0.719. The van der Waals surface area contributed by atoms with Crippen LogP contribution in [0, 0.1) is 5.92 Å². The van der Waals surface area contributed by atoms with Crippen molar-refractivity contribution in [1.29, 1.82) is 0 Å². The van der Waals surface area contributed by atoms with Gasteiger partial charge in [-0.25, -0.2) is 4.98 Å². The molecule has 2 aliphatic rings. The van der Waals surface area contributed by atoms with Crippen molar-refractivity contribution in [2.45, 2.75) is 19.4 Å². The van der Waals surface area contributed by atoms with E-state index < -0.39 is 0 Å². The van der Waals surface area contributed by atoms with E-state index in [0.29, 0.717) is 32.5 Å². The normalized spacial score (nSPS) is 20.9. The van der Waals surface area contributed by atoms with Crippen molar-refractivity contribution in [3.05, 3.63) is 29.3 Å². The third-order valence-corrected chi connectivity index (χ3v) is 6.75. The zero-order valence-corrected chi connectivity index (χ0v) is 17.7. The van der Waals surface area contributed by atoms with Crippen LogP contribution >= 0.6 is 11.3 Å². The Kier molecular flexibility index (Phi) is 6.42. The molecule has 1 aromatic carbocycles. The average Bonchev–Trinajstić information content (AvgIpc) is 3.15. The molecule has 1 unspecified atom stereocenters. The van der Waals surface area contributed by atoms with Gasteiger partial charge in [0.25, 0.3) is 0 Å². The van der Waals surface area contributed by atoms with E-state index >= 15 is 0 Å². The minimum absolute atomic E-state index is 0.105. The van der Waals surface area contributed by atoms with Crippen LogP contribution in [0.5, 0.6) is 0 Å².